The first-order valence-corrected chi connectivity index (χ1v) is 9.97. The molecule has 4 rings (SSSR count). The number of carbonyl (C=O) groups excluding carboxylic acids is 1. The highest BCUT2D eigenvalue weighted by Crippen LogP contribution is 2.23. The Morgan fingerprint density at radius 1 is 1.10 bits per heavy atom. The number of benzene rings is 2. The Balaban J connectivity index is 1.43. The Morgan fingerprint density at radius 2 is 1.90 bits per heavy atom. The number of para-hydroxylation sites is 1. The lowest BCUT2D eigenvalue weighted by atomic mass is 10.3. The van der Waals surface area contributed by atoms with Crippen LogP contribution in [0.2, 0.25) is 10.0 Å². The van der Waals surface area contributed by atoms with Crippen LogP contribution in [-0.4, -0.2) is 25.7 Å². The van der Waals surface area contributed by atoms with E-state index in [9.17, 15) is 4.79 Å². The molecule has 2 aromatic heterocycles. The van der Waals surface area contributed by atoms with Gasteiger partial charge in [0.1, 0.15) is 18.1 Å². The van der Waals surface area contributed by atoms with E-state index in [1.165, 1.54) is 23.9 Å². The SMILES string of the molecule is O=C(Nc1nnc(COc2ccc(Cl)cc2)s1)c1cncn1-c1ccccc1Cl. The van der Waals surface area contributed by atoms with E-state index in [1.54, 1.807) is 41.0 Å². The monoisotopic (exact) mass is 445 g/mol. The zero-order valence-electron chi connectivity index (χ0n) is 14.8. The molecule has 10 heteroatoms. The topological polar surface area (TPSA) is 81.9 Å². The summed E-state index contributed by atoms with van der Waals surface area (Å²) in [4.78, 5) is 16.7. The van der Waals surface area contributed by atoms with Gasteiger partial charge in [0, 0.05) is 5.02 Å². The van der Waals surface area contributed by atoms with Crippen LogP contribution in [0.4, 0.5) is 5.13 Å². The number of halogens is 2. The van der Waals surface area contributed by atoms with Gasteiger partial charge in [-0.05, 0) is 36.4 Å². The normalized spacial score (nSPS) is 10.7. The Kier molecular flexibility index (Phi) is 5.75. The van der Waals surface area contributed by atoms with Crippen molar-refractivity contribution in [2.45, 2.75) is 6.61 Å². The molecular weight excluding hydrogens is 433 g/mol. The van der Waals surface area contributed by atoms with E-state index in [1.807, 2.05) is 12.1 Å². The standard InChI is InChI=1S/C19H13Cl2N5O2S/c20-12-5-7-13(8-6-12)28-10-17-24-25-19(29-17)23-18(27)16-9-22-11-26(16)15-4-2-1-3-14(15)21/h1-9,11H,10H2,(H,23,25,27). The van der Waals surface area contributed by atoms with E-state index >= 15 is 0 Å². The van der Waals surface area contributed by atoms with Crippen LogP contribution >= 0.6 is 34.5 Å². The number of carbonyl (C=O) groups is 1. The van der Waals surface area contributed by atoms with Crippen molar-refractivity contribution >= 4 is 45.6 Å². The molecule has 0 aliphatic rings. The van der Waals surface area contributed by atoms with Gasteiger partial charge in [0.15, 0.2) is 5.01 Å². The Hall–Kier alpha value is -2.94. The van der Waals surface area contributed by atoms with Gasteiger partial charge in [-0.2, -0.15) is 0 Å². The van der Waals surface area contributed by atoms with E-state index in [2.05, 4.69) is 20.5 Å². The third kappa shape index (κ3) is 4.56. The number of hydrogen-bond acceptors (Lipinski definition) is 6. The summed E-state index contributed by atoms with van der Waals surface area (Å²) >= 11 is 13.3. The maximum Gasteiger partial charge on any atom is 0.276 e. The molecule has 0 saturated carbocycles. The van der Waals surface area contributed by atoms with Gasteiger partial charge in [-0.15, -0.1) is 10.2 Å². The Morgan fingerprint density at radius 3 is 2.69 bits per heavy atom. The largest absolute Gasteiger partial charge is 0.486 e. The highest BCUT2D eigenvalue weighted by atomic mass is 35.5. The quantitative estimate of drug-likeness (QED) is 0.458. The lowest BCUT2D eigenvalue weighted by molar-refractivity contribution is 0.102. The molecule has 0 atom stereocenters. The third-order valence-corrected chi connectivity index (χ3v) is 5.23. The van der Waals surface area contributed by atoms with Crippen LogP contribution in [-0.2, 0) is 6.61 Å². The number of imidazole rings is 1. The minimum absolute atomic E-state index is 0.229. The number of nitrogens with zero attached hydrogens (tertiary/aromatic N) is 4. The molecule has 0 spiro atoms. The van der Waals surface area contributed by atoms with Gasteiger partial charge in [0.2, 0.25) is 5.13 Å². The number of aromatic nitrogens is 4. The number of nitrogens with one attached hydrogen (secondary N) is 1. The minimum atomic E-state index is -0.372. The lowest BCUT2D eigenvalue weighted by Crippen LogP contribution is -2.16. The molecule has 0 fully saturated rings. The fourth-order valence-corrected chi connectivity index (χ4v) is 3.50. The van der Waals surface area contributed by atoms with Gasteiger partial charge in [-0.3, -0.25) is 14.7 Å². The molecule has 0 bridgehead atoms. The fraction of sp³-hybridized carbons (Fsp3) is 0.0526. The molecular formula is C19H13Cl2N5O2S. The summed E-state index contributed by atoms with van der Waals surface area (Å²) in [6, 6.07) is 14.2. The van der Waals surface area contributed by atoms with Crippen LogP contribution in [0.15, 0.2) is 61.1 Å². The summed E-state index contributed by atoms with van der Waals surface area (Å²) in [5.41, 5.74) is 0.985. The van der Waals surface area contributed by atoms with Crippen molar-refractivity contribution in [1.82, 2.24) is 19.7 Å². The lowest BCUT2D eigenvalue weighted by Gasteiger charge is -2.08. The van der Waals surface area contributed by atoms with Gasteiger partial charge in [-0.25, -0.2) is 4.98 Å². The van der Waals surface area contributed by atoms with Gasteiger partial charge in [0.25, 0.3) is 5.91 Å². The van der Waals surface area contributed by atoms with Crippen molar-refractivity contribution in [3.05, 3.63) is 81.8 Å². The molecule has 0 aliphatic heterocycles. The van der Waals surface area contributed by atoms with Crippen LogP contribution in [0, 0.1) is 0 Å². The second-order valence-corrected chi connectivity index (χ2v) is 7.70. The minimum Gasteiger partial charge on any atom is -0.486 e. The second kappa shape index (κ2) is 8.60. The van der Waals surface area contributed by atoms with Crippen LogP contribution in [0.5, 0.6) is 5.75 Å². The first-order valence-electron chi connectivity index (χ1n) is 8.39. The van der Waals surface area contributed by atoms with E-state index < -0.39 is 0 Å². The number of hydrogen-bond donors (Lipinski definition) is 1. The van der Waals surface area contributed by atoms with Crippen molar-refractivity contribution in [2.75, 3.05) is 5.32 Å². The summed E-state index contributed by atoms with van der Waals surface area (Å²) < 4.78 is 7.25. The molecule has 1 amide bonds. The summed E-state index contributed by atoms with van der Waals surface area (Å²) in [6.45, 7) is 0.229. The Bertz CT molecular complexity index is 1140. The van der Waals surface area contributed by atoms with Crippen molar-refractivity contribution in [1.29, 1.82) is 0 Å². The smallest absolute Gasteiger partial charge is 0.276 e. The molecule has 2 heterocycles. The highest BCUT2D eigenvalue weighted by molar-refractivity contribution is 7.15. The van der Waals surface area contributed by atoms with Crippen molar-refractivity contribution < 1.29 is 9.53 Å². The third-order valence-electron chi connectivity index (χ3n) is 3.85. The van der Waals surface area contributed by atoms with Gasteiger partial charge in [0.05, 0.1) is 23.2 Å². The van der Waals surface area contributed by atoms with E-state index in [4.69, 9.17) is 27.9 Å². The average molecular weight is 446 g/mol. The number of anilines is 1. The molecule has 4 aromatic rings. The van der Waals surface area contributed by atoms with E-state index in [0.717, 1.165) is 0 Å². The summed E-state index contributed by atoms with van der Waals surface area (Å²) in [5.74, 6) is 0.294. The van der Waals surface area contributed by atoms with Gasteiger partial charge < -0.3 is 4.74 Å². The van der Waals surface area contributed by atoms with Crippen molar-refractivity contribution in [2.24, 2.45) is 0 Å². The summed E-state index contributed by atoms with van der Waals surface area (Å²) in [5, 5.41) is 12.9. The van der Waals surface area contributed by atoms with E-state index in [0.29, 0.717) is 37.3 Å². The number of amides is 1. The van der Waals surface area contributed by atoms with Crippen molar-refractivity contribution in [3.8, 4) is 11.4 Å². The second-order valence-electron chi connectivity index (χ2n) is 5.80. The van der Waals surface area contributed by atoms with Crippen LogP contribution in [0.1, 0.15) is 15.5 Å². The molecule has 0 aliphatic carbocycles. The zero-order chi connectivity index (χ0) is 20.2. The van der Waals surface area contributed by atoms with Gasteiger partial charge in [-0.1, -0.05) is 46.7 Å². The predicted molar refractivity (Wildman–Crippen MR) is 112 cm³/mol. The number of ether oxygens (including phenoxy) is 1. The maximum atomic E-state index is 12.7. The Labute approximate surface area is 179 Å². The molecule has 29 heavy (non-hydrogen) atoms. The average Bonchev–Trinajstić information content (AvgIpc) is 3.37. The first kappa shape index (κ1) is 19.4. The predicted octanol–water partition coefficient (Wildman–Crippen LogP) is 4.86. The van der Waals surface area contributed by atoms with Crippen LogP contribution < -0.4 is 10.1 Å². The van der Waals surface area contributed by atoms with Gasteiger partial charge >= 0.3 is 0 Å². The van der Waals surface area contributed by atoms with Crippen LogP contribution in [0.3, 0.4) is 0 Å². The number of rotatable bonds is 6. The molecule has 146 valence electrons. The summed E-state index contributed by atoms with van der Waals surface area (Å²) in [7, 11) is 0. The van der Waals surface area contributed by atoms with Crippen LogP contribution in [0.25, 0.3) is 5.69 Å². The molecule has 0 radical (unpaired) electrons. The molecule has 0 unspecified atom stereocenters. The fourth-order valence-electron chi connectivity index (χ4n) is 2.50. The molecule has 7 nitrogen and oxygen atoms in total. The molecule has 0 saturated heterocycles. The van der Waals surface area contributed by atoms with E-state index in [-0.39, 0.29) is 12.5 Å². The summed E-state index contributed by atoms with van der Waals surface area (Å²) in [6.07, 6.45) is 2.99. The molecule has 1 N–H and O–H groups in total. The first-order chi connectivity index (χ1) is 14.1. The molecule has 2 aromatic carbocycles. The van der Waals surface area contributed by atoms with Crippen molar-refractivity contribution in [3.63, 3.8) is 0 Å². The zero-order valence-corrected chi connectivity index (χ0v) is 17.1. The highest BCUT2D eigenvalue weighted by Gasteiger charge is 2.17. The maximum absolute atomic E-state index is 12.7.